The van der Waals surface area contributed by atoms with E-state index in [0.717, 1.165) is 9.88 Å². The fourth-order valence-electron chi connectivity index (χ4n) is 1.36. The summed E-state index contributed by atoms with van der Waals surface area (Å²) in [5.74, 6) is -1.06. The molecule has 2 aromatic heterocycles. The van der Waals surface area contributed by atoms with Crippen molar-refractivity contribution in [3.63, 3.8) is 0 Å². The molecule has 0 fully saturated rings. The number of urea groups is 1. The molecule has 6 nitrogen and oxygen atoms in total. The van der Waals surface area contributed by atoms with Crippen LogP contribution in [-0.4, -0.2) is 22.1 Å². The predicted molar refractivity (Wildman–Crippen MR) is 74.0 cm³/mol. The number of carbonyl (C=O) groups is 2. The van der Waals surface area contributed by atoms with Gasteiger partial charge < -0.3 is 10.4 Å². The molecule has 0 aromatic carbocycles. The highest BCUT2D eigenvalue weighted by atomic mass is 32.1. The van der Waals surface area contributed by atoms with Gasteiger partial charge in [0.15, 0.2) is 0 Å². The van der Waals surface area contributed by atoms with Gasteiger partial charge in [0.05, 0.1) is 12.1 Å². The highest BCUT2D eigenvalue weighted by Gasteiger charge is 2.13. The van der Waals surface area contributed by atoms with E-state index in [1.54, 1.807) is 11.6 Å². The van der Waals surface area contributed by atoms with Crippen molar-refractivity contribution in [2.24, 2.45) is 0 Å². The Kier molecular flexibility index (Phi) is 4.13. The Labute approximate surface area is 117 Å². The number of nitrogens with zero attached hydrogens (tertiary/aromatic N) is 1. The molecule has 0 aliphatic rings. The maximum atomic E-state index is 11.6. The first kappa shape index (κ1) is 13.5. The van der Waals surface area contributed by atoms with Crippen LogP contribution in [0.15, 0.2) is 17.6 Å². The normalized spacial score (nSPS) is 10.2. The maximum Gasteiger partial charge on any atom is 0.338 e. The molecule has 2 heterocycles. The Bertz CT molecular complexity index is 606. The number of amides is 2. The average Bonchev–Trinajstić information content (AvgIpc) is 2.95. The van der Waals surface area contributed by atoms with Crippen LogP contribution in [0.1, 0.15) is 20.2 Å². The molecule has 100 valence electrons. The van der Waals surface area contributed by atoms with Crippen LogP contribution in [0.3, 0.4) is 0 Å². The first-order valence-corrected chi connectivity index (χ1v) is 7.03. The lowest BCUT2D eigenvalue weighted by molar-refractivity contribution is 0.0698. The minimum absolute atomic E-state index is 0.0882. The van der Waals surface area contributed by atoms with E-state index in [-0.39, 0.29) is 5.56 Å². The Morgan fingerprint density at radius 3 is 2.89 bits per heavy atom. The zero-order valence-electron chi connectivity index (χ0n) is 9.97. The summed E-state index contributed by atoms with van der Waals surface area (Å²) in [4.78, 5) is 27.7. The van der Waals surface area contributed by atoms with Crippen molar-refractivity contribution in [2.75, 3.05) is 5.32 Å². The molecular weight excluding hydrogens is 286 g/mol. The third kappa shape index (κ3) is 3.52. The minimum Gasteiger partial charge on any atom is -0.478 e. The van der Waals surface area contributed by atoms with Crippen molar-refractivity contribution in [3.8, 4) is 0 Å². The molecule has 0 aliphatic heterocycles. The number of thiazole rings is 1. The van der Waals surface area contributed by atoms with Crippen LogP contribution in [0.25, 0.3) is 0 Å². The summed E-state index contributed by atoms with van der Waals surface area (Å²) in [6.07, 6.45) is 1.74. The van der Waals surface area contributed by atoms with Gasteiger partial charge in [0.2, 0.25) is 0 Å². The van der Waals surface area contributed by atoms with Crippen molar-refractivity contribution < 1.29 is 14.7 Å². The van der Waals surface area contributed by atoms with Gasteiger partial charge in [-0.15, -0.1) is 22.7 Å². The lowest BCUT2D eigenvalue weighted by atomic mass is 10.3. The number of thiophene rings is 1. The van der Waals surface area contributed by atoms with Crippen LogP contribution in [-0.2, 0) is 6.54 Å². The number of hydrogen-bond donors (Lipinski definition) is 3. The number of aromatic nitrogens is 1. The Morgan fingerprint density at radius 2 is 2.26 bits per heavy atom. The van der Waals surface area contributed by atoms with Crippen LogP contribution in [0.2, 0.25) is 0 Å². The lowest BCUT2D eigenvalue weighted by Gasteiger charge is -2.05. The molecule has 3 N–H and O–H groups in total. The molecule has 2 rings (SSSR count). The van der Waals surface area contributed by atoms with Gasteiger partial charge in [0.25, 0.3) is 0 Å². The number of carbonyl (C=O) groups excluding carboxylic acids is 1. The number of rotatable bonds is 4. The summed E-state index contributed by atoms with van der Waals surface area (Å²) in [6.45, 7) is 2.25. The molecule has 2 amide bonds. The van der Waals surface area contributed by atoms with Crippen molar-refractivity contribution in [2.45, 2.75) is 13.5 Å². The van der Waals surface area contributed by atoms with E-state index in [1.165, 1.54) is 28.7 Å². The molecule has 0 unspecified atom stereocenters. The molecule has 2 aromatic rings. The highest BCUT2D eigenvalue weighted by Crippen LogP contribution is 2.22. The van der Waals surface area contributed by atoms with Gasteiger partial charge in [-0.3, -0.25) is 5.32 Å². The Hall–Kier alpha value is -1.93. The SMILES string of the molecule is Cc1cnc(CNC(=O)Nc2sccc2C(=O)O)s1. The zero-order chi connectivity index (χ0) is 13.8. The third-order valence-electron chi connectivity index (χ3n) is 2.19. The maximum absolute atomic E-state index is 11.6. The molecule has 0 atom stereocenters. The van der Waals surface area contributed by atoms with Gasteiger partial charge in [-0.05, 0) is 18.4 Å². The smallest absolute Gasteiger partial charge is 0.338 e. The summed E-state index contributed by atoms with van der Waals surface area (Å²) in [5.41, 5.74) is 0.0882. The van der Waals surface area contributed by atoms with E-state index in [0.29, 0.717) is 11.5 Å². The fourth-order valence-corrected chi connectivity index (χ4v) is 2.86. The van der Waals surface area contributed by atoms with Gasteiger partial charge in [-0.1, -0.05) is 0 Å². The van der Waals surface area contributed by atoms with Crippen LogP contribution < -0.4 is 10.6 Å². The quantitative estimate of drug-likeness (QED) is 0.808. The molecule has 0 radical (unpaired) electrons. The van der Waals surface area contributed by atoms with E-state index in [9.17, 15) is 9.59 Å². The minimum atomic E-state index is -1.06. The monoisotopic (exact) mass is 297 g/mol. The topological polar surface area (TPSA) is 91.3 Å². The van der Waals surface area contributed by atoms with Gasteiger partial charge in [-0.25, -0.2) is 14.6 Å². The largest absolute Gasteiger partial charge is 0.478 e. The summed E-state index contributed by atoms with van der Waals surface area (Å²) in [5, 5.41) is 16.8. The van der Waals surface area contributed by atoms with Gasteiger partial charge >= 0.3 is 12.0 Å². The zero-order valence-corrected chi connectivity index (χ0v) is 11.6. The number of aromatic carboxylic acids is 1. The third-order valence-corrected chi connectivity index (χ3v) is 3.93. The molecule has 19 heavy (non-hydrogen) atoms. The molecular formula is C11H11N3O3S2. The molecule has 0 saturated carbocycles. The standard InChI is InChI=1S/C11H11N3O3S2/c1-6-4-12-8(19-6)5-13-11(17)14-9-7(10(15)16)2-3-18-9/h2-4H,5H2,1H3,(H,15,16)(H2,13,14,17). The van der Waals surface area contributed by atoms with Gasteiger partial charge in [0.1, 0.15) is 10.0 Å². The number of anilines is 1. The highest BCUT2D eigenvalue weighted by molar-refractivity contribution is 7.14. The second-order valence-corrected chi connectivity index (χ2v) is 5.88. The Morgan fingerprint density at radius 1 is 1.47 bits per heavy atom. The van der Waals surface area contributed by atoms with E-state index in [1.807, 2.05) is 6.92 Å². The van der Waals surface area contributed by atoms with Crippen molar-refractivity contribution in [1.29, 1.82) is 0 Å². The van der Waals surface area contributed by atoms with Crippen molar-refractivity contribution in [1.82, 2.24) is 10.3 Å². The van der Waals surface area contributed by atoms with Crippen molar-refractivity contribution >= 4 is 39.7 Å². The van der Waals surface area contributed by atoms with Crippen LogP contribution in [0.4, 0.5) is 9.80 Å². The number of carboxylic acids is 1. The van der Waals surface area contributed by atoms with E-state index in [2.05, 4.69) is 15.6 Å². The van der Waals surface area contributed by atoms with Crippen LogP contribution in [0.5, 0.6) is 0 Å². The first-order valence-electron chi connectivity index (χ1n) is 5.33. The van der Waals surface area contributed by atoms with E-state index in [4.69, 9.17) is 5.11 Å². The van der Waals surface area contributed by atoms with Crippen LogP contribution >= 0.6 is 22.7 Å². The summed E-state index contributed by atoms with van der Waals surface area (Å²) >= 11 is 2.67. The summed E-state index contributed by atoms with van der Waals surface area (Å²) < 4.78 is 0. The van der Waals surface area contributed by atoms with E-state index >= 15 is 0 Å². The second kappa shape index (κ2) is 5.81. The molecule has 0 aliphatic carbocycles. The van der Waals surface area contributed by atoms with E-state index < -0.39 is 12.0 Å². The molecule has 0 bridgehead atoms. The lowest BCUT2D eigenvalue weighted by Crippen LogP contribution is -2.28. The second-order valence-electron chi connectivity index (χ2n) is 3.64. The number of hydrogen-bond acceptors (Lipinski definition) is 5. The molecule has 0 spiro atoms. The average molecular weight is 297 g/mol. The first-order chi connectivity index (χ1) is 9.06. The number of nitrogens with one attached hydrogen (secondary N) is 2. The summed E-state index contributed by atoms with van der Waals surface area (Å²) in [7, 11) is 0. The fraction of sp³-hybridized carbons (Fsp3) is 0.182. The predicted octanol–water partition coefficient (Wildman–Crippen LogP) is 2.53. The number of aryl methyl sites for hydroxylation is 1. The number of carboxylic acid groups (broad SMARTS) is 1. The van der Waals surface area contributed by atoms with Gasteiger partial charge in [0, 0.05) is 11.1 Å². The van der Waals surface area contributed by atoms with Crippen LogP contribution in [0, 0.1) is 6.92 Å². The summed E-state index contributed by atoms with van der Waals surface area (Å²) in [6, 6.07) is 1.00. The molecule has 8 heteroatoms. The molecule has 0 saturated heterocycles. The Balaban J connectivity index is 1.90. The van der Waals surface area contributed by atoms with Gasteiger partial charge in [-0.2, -0.15) is 0 Å². The van der Waals surface area contributed by atoms with Crippen molar-refractivity contribution in [3.05, 3.63) is 33.1 Å².